The summed E-state index contributed by atoms with van der Waals surface area (Å²) in [7, 11) is 0. The summed E-state index contributed by atoms with van der Waals surface area (Å²) in [6.07, 6.45) is 4.74. The van der Waals surface area contributed by atoms with E-state index < -0.39 is 0 Å². The summed E-state index contributed by atoms with van der Waals surface area (Å²) in [6, 6.07) is 9.31. The summed E-state index contributed by atoms with van der Waals surface area (Å²) in [4.78, 5) is 12.6. The van der Waals surface area contributed by atoms with Crippen molar-refractivity contribution in [3.63, 3.8) is 0 Å². The van der Waals surface area contributed by atoms with E-state index in [-0.39, 0.29) is 0 Å². The number of imidazole rings is 1. The summed E-state index contributed by atoms with van der Waals surface area (Å²) >= 11 is 11.7. The minimum absolute atomic E-state index is 0.332. The van der Waals surface area contributed by atoms with E-state index in [0.29, 0.717) is 33.9 Å². The molecule has 0 unspecified atom stereocenters. The number of benzene rings is 1. The molecule has 0 spiro atoms. The Labute approximate surface area is 136 Å². The standard InChI is InChI=1S/C15H9Cl2N5/c16-11-3-1-10(2-4-11)15-21-13(5-18)8-22(15)9-14-19-6-12(17)7-20-14/h1-4,6-8H,9H2. The van der Waals surface area contributed by atoms with E-state index in [9.17, 15) is 0 Å². The van der Waals surface area contributed by atoms with Crippen LogP contribution < -0.4 is 0 Å². The predicted molar refractivity (Wildman–Crippen MR) is 83.5 cm³/mol. The number of hydrogen-bond donors (Lipinski definition) is 0. The van der Waals surface area contributed by atoms with Gasteiger partial charge in [-0.25, -0.2) is 15.0 Å². The highest BCUT2D eigenvalue weighted by Crippen LogP contribution is 2.22. The van der Waals surface area contributed by atoms with E-state index in [1.165, 1.54) is 12.4 Å². The lowest BCUT2D eigenvalue weighted by Gasteiger charge is -2.07. The molecule has 3 rings (SSSR count). The lowest BCUT2D eigenvalue weighted by atomic mass is 10.2. The smallest absolute Gasteiger partial charge is 0.159 e. The Hall–Kier alpha value is -2.42. The first-order chi connectivity index (χ1) is 10.7. The predicted octanol–water partition coefficient (Wildman–Crippen LogP) is 3.57. The highest BCUT2D eigenvalue weighted by molar-refractivity contribution is 6.30. The van der Waals surface area contributed by atoms with E-state index >= 15 is 0 Å². The molecule has 3 aromatic rings. The van der Waals surface area contributed by atoms with Crippen molar-refractivity contribution >= 4 is 23.2 Å². The van der Waals surface area contributed by atoms with Gasteiger partial charge in [0.15, 0.2) is 5.69 Å². The number of aromatic nitrogens is 4. The molecule has 0 aliphatic carbocycles. The number of rotatable bonds is 3. The Morgan fingerprint density at radius 2 is 1.73 bits per heavy atom. The molecule has 0 aliphatic rings. The molecule has 0 bridgehead atoms. The van der Waals surface area contributed by atoms with Gasteiger partial charge >= 0.3 is 0 Å². The van der Waals surface area contributed by atoms with Crippen LogP contribution in [-0.4, -0.2) is 19.5 Å². The maximum Gasteiger partial charge on any atom is 0.159 e. The molecule has 2 aromatic heterocycles. The van der Waals surface area contributed by atoms with Crippen molar-refractivity contribution in [2.24, 2.45) is 0 Å². The van der Waals surface area contributed by atoms with Gasteiger partial charge in [-0.1, -0.05) is 23.2 Å². The molecule has 0 radical (unpaired) electrons. The average Bonchev–Trinajstić information content (AvgIpc) is 2.93. The second kappa shape index (κ2) is 6.14. The zero-order valence-electron chi connectivity index (χ0n) is 11.2. The lowest BCUT2D eigenvalue weighted by Crippen LogP contribution is -2.04. The Balaban J connectivity index is 2.00. The van der Waals surface area contributed by atoms with Gasteiger partial charge < -0.3 is 4.57 Å². The van der Waals surface area contributed by atoms with Crippen LogP contribution in [0.3, 0.4) is 0 Å². The van der Waals surface area contributed by atoms with E-state index in [2.05, 4.69) is 15.0 Å². The third-order valence-corrected chi connectivity index (χ3v) is 3.43. The maximum absolute atomic E-state index is 9.07. The molecule has 2 heterocycles. The first-order valence-corrected chi connectivity index (χ1v) is 7.11. The molecule has 22 heavy (non-hydrogen) atoms. The van der Waals surface area contributed by atoms with Crippen LogP contribution in [0.1, 0.15) is 11.5 Å². The van der Waals surface area contributed by atoms with Crippen molar-refractivity contribution in [3.8, 4) is 17.5 Å². The molecular weight excluding hydrogens is 321 g/mol. The van der Waals surface area contributed by atoms with Crippen LogP contribution in [0.5, 0.6) is 0 Å². The fourth-order valence-electron chi connectivity index (χ4n) is 1.99. The van der Waals surface area contributed by atoms with Crippen LogP contribution in [0.4, 0.5) is 0 Å². The summed E-state index contributed by atoms with van der Waals surface area (Å²) < 4.78 is 1.82. The fourth-order valence-corrected chi connectivity index (χ4v) is 2.22. The van der Waals surface area contributed by atoms with Crippen molar-refractivity contribution < 1.29 is 0 Å². The van der Waals surface area contributed by atoms with Gasteiger partial charge in [0.05, 0.1) is 11.6 Å². The van der Waals surface area contributed by atoms with Crippen molar-refractivity contribution in [1.29, 1.82) is 5.26 Å². The molecule has 108 valence electrons. The Morgan fingerprint density at radius 3 is 2.36 bits per heavy atom. The molecule has 0 atom stereocenters. The molecule has 0 N–H and O–H groups in total. The van der Waals surface area contributed by atoms with Gasteiger partial charge in [0, 0.05) is 29.2 Å². The fraction of sp³-hybridized carbons (Fsp3) is 0.0667. The zero-order chi connectivity index (χ0) is 15.5. The normalized spacial score (nSPS) is 10.4. The molecule has 1 aromatic carbocycles. The first kappa shape index (κ1) is 14.5. The van der Waals surface area contributed by atoms with Gasteiger partial charge in [-0.15, -0.1) is 0 Å². The van der Waals surface area contributed by atoms with Gasteiger partial charge in [0.25, 0.3) is 0 Å². The Morgan fingerprint density at radius 1 is 1.05 bits per heavy atom. The number of nitrogens with zero attached hydrogens (tertiary/aromatic N) is 5. The second-order valence-corrected chi connectivity index (χ2v) is 5.39. The van der Waals surface area contributed by atoms with E-state index in [0.717, 1.165) is 5.56 Å². The second-order valence-electron chi connectivity index (χ2n) is 4.51. The topological polar surface area (TPSA) is 67.4 Å². The zero-order valence-corrected chi connectivity index (χ0v) is 12.8. The average molecular weight is 330 g/mol. The highest BCUT2D eigenvalue weighted by Gasteiger charge is 2.11. The minimum Gasteiger partial charge on any atom is -0.322 e. The quantitative estimate of drug-likeness (QED) is 0.736. The molecule has 0 fully saturated rings. The molecule has 5 nitrogen and oxygen atoms in total. The van der Waals surface area contributed by atoms with Crippen LogP contribution in [0.2, 0.25) is 10.0 Å². The lowest BCUT2D eigenvalue weighted by molar-refractivity contribution is 0.750. The van der Waals surface area contributed by atoms with Crippen molar-refractivity contribution in [3.05, 3.63) is 64.4 Å². The van der Waals surface area contributed by atoms with Crippen LogP contribution in [0.25, 0.3) is 11.4 Å². The summed E-state index contributed by atoms with van der Waals surface area (Å²) in [5, 5.41) is 10.2. The van der Waals surface area contributed by atoms with Crippen molar-refractivity contribution in [2.45, 2.75) is 6.54 Å². The largest absolute Gasteiger partial charge is 0.322 e. The number of nitriles is 1. The molecule has 0 saturated carbocycles. The molecular formula is C15H9Cl2N5. The number of hydrogen-bond acceptors (Lipinski definition) is 4. The van der Waals surface area contributed by atoms with Gasteiger partial charge in [-0.2, -0.15) is 5.26 Å². The molecule has 7 heteroatoms. The third kappa shape index (κ3) is 3.08. The van der Waals surface area contributed by atoms with Gasteiger partial charge in [0.1, 0.15) is 17.7 Å². The maximum atomic E-state index is 9.07. The van der Waals surface area contributed by atoms with E-state index in [1.54, 1.807) is 18.3 Å². The summed E-state index contributed by atoms with van der Waals surface area (Å²) in [6.45, 7) is 0.393. The van der Waals surface area contributed by atoms with Crippen LogP contribution >= 0.6 is 23.2 Å². The Bertz CT molecular complexity index is 832. The molecule has 0 aliphatic heterocycles. The van der Waals surface area contributed by atoms with Crippen molar-refractivity contribution in [2.75, 3.05) is 0 Å². The van der Waals surface area contributed by atoms with E-state index in [1.807, 2.05) is 22.8 Å². The Kier molecular flexibility index (Phi) is 4.05. The van der Waals surface area contributed by atoms with Crippen LogP contribution in [-0.2, 0) is 6.54 Å². The van der Waals surface area contributed by atoms with Gasteiger partial charge in [0.2, 0.25) is 0 Å². The van der Waals surface area contributed by atoms with Crippen LogP contribution in [0.15, 0.2) is 42.9 Å². The summed E-state index contributed by atoms with van der Waals surface area (Å²) in [5.41, 5.74) is 1.19. The highest BCUT2D eigenvalue weighted by atomic mass is 35.5. The molecule has 0 saturated heterocycles. The monoisotopic (exact) mass is 329 g/mol. The van der Waals surface area contributed by atoms with E-state index in [4.69, 9.17) is 28.5 Å². The molecule has 0 amide bonds. The third-order valence-electron chi connectivity index (χ3n) is 2.98. The van der Waals surface area contributed by atoms with Crippen LogP contribution in [0, 0.1) is 11.3 Å². The minimum atomic E-state index is 0.332. The first-order valence-electron chi connectivity index (χ1n) is 6.35. The van der Waals surface area contributed by atoms with Gasteiger partial charge in [-0.3, -0.25) is 0 Å². The SMILES string of the molecule is N#Cc1cn(Cc2ncc(Cl)cn2)c(-c2ccc(Cl)cc2)n1. The van der Waals surface area contributed by atoms with Crippen molar-refractivity contribution in [1.82, 2.24) is 19.5 Å². The van der Waals surface area contributed by atoms with Gasteiger partial charge in [-0.05, 0) is 24.3 Å². The number of halogens is 2. The summed E-state index contributed by atoms with van der Waals surface area (Å²) in [5.74, 6) is 1.24.